The van der Waals surface area contributed by atoms with Crippen LogP contribution in [-0.4, -0.2) is 34.0 Å². The fourth-order valence-electron chi connectivity index (χ4n) is 5.58. The topological polar surface area (TPSA) is 84.1 Å². The molecule has 1 N–H and O–H groups in total. The van der Waals surface area contributed by atoms with Gasteiger partial charge in [-0.1, -0.05) is 60.1 Å². The van der Waals surface area contributed by atoms with Crippen LogP contribution in [0.3, 0.4) is 0 Å². The average Bonchev–Trinajstić information content (AvgIpc) is 3.37. The Bertz CT molecular complexity index is 1910. The van der Waals surface area contributed by atoms with Crippen molar-refractivity contribution in [3.63, 3.8) is 0 Å². The number of nitrogens with one attached hydrogen (secondary N) is 1. The van der Waals surface area contributed by atoms with E-state index in [0.29, 0.717) is 34.7 Å². The summed E-state index contributed by atoms with van der Waals surface area (Å²) in [5, 5.41) is 9.08. The molecular weight excluding hydrogens is 560 g/mol. The molecule has 0 saturated heterocycles. The number of esters is 1. The molecule has 0 fully saturated rings. The number of halogens is 1. The van der Waals surface area contributed by atoms with Crippen molar-refractivity contribution in [1.82, 2.24) is 9.78 Å². The maximum atomic E-state index is 12.2. The number of para-hydroxylation sites is 3. The number of rotatable bonds is 5. The van der Waals surface area contributed by atoms with E-state index < -0.39 is 0 Å². The minimum Gasteiger partial charge on any atom is -0.462 e. The van der Waals surface area contributed by atoms with E-state index in [0.717, 1.165) is 39.6 Å². The number of hydrogen-bond acceptors (Lipinski definition) is 7. The monoisotopic (exact) mass is 586 g/mol. The molecule has 2 aliphatic heterocycles. The summed E-state index contributed by atoms with van der Waals surface area (Å²) in [6, 6.07) is 32.7. The van der Waals surface area contributed by atoms with E-state index in [2.05, 4.69) is 16.3 Å². The van der Waals surface area contributed by atoms with Crippen molar-refractivity contribution in [2.24, 2.45) is 9.98 Å². The molecule has 0 saturated carbocycles. The molecule has 0 aliphatic carbocycles. The largest absolute Gasteiger partial charge is 0.462 e. The van der Waals surface area contributed by atoms with Gasteiger partial charge in [-0.15, -0.1) is 0 Å². The fraction of sp³-hybridized carbons (Fsp3) is 0.118. The van der Waals surface area contributed by atoms with Gasteiger partial charge in [0.1, 0.15) is 0 Å². The van der Waals surface area contributed by atoms with Crippen molar-refractivity contribution >= 4 is 52.1 Å². The van der Waals surface area contributed by atoms with Crippen molar-refractivity contribution in [3.05, 3.63) is 131 Å². The van der Waals surface area contributed by atoms with Crippen LogP contribution in [0.1, 0.15) is 40.1 Å². The highest BCUT2D eigenvalue weighted by molar-refractivity contribution is 6.51. The van der Waals surface area contributed by atoms with Crippen LogP contribution in [0.25, 0.3) is 5.69 Å². The summed E-state index contributed by atoms with van der Waals surface area (Å²) in [4.78, 5) is 24.7. The number of carbonyl (C=O) groups excluding carboxylic acids is 1. The molecule has 1 atom stereocenters. The number of aryl methyl sites for hydroxylation is 1. The highest BCUT2D eigenvalue weighted by Crippen LogP contribution is 2.49. The summed E-state index contributed by atoms with van der Waals surface area (Å²) in [7, 11) is 0. The predicted octanol–water partition coefficient (Wildman–Crippen LogP) is 7.81. The van der Waals surface area contributed by atoms with E-state index in [1.54, 1.807) is 19.1 Å². The molecule has 7 rings (SSSR count). The Morgan fingerprint density at radius 1 is 0.907 bits per heavy atom. The Morgan fingerprint density at radius 2 is 1.63 bits per heavy atom. The van der Waals surface area contributed by atoms with Gasteiger partial charge in [0.2, 0.25) is 0 Å². The summed E-state index contributed by atoms with van der Waals surface area (Å²) in [6.07, 6.45) is 0. The summed E-state index contributed by atoms with van der Waals surface area (Å²) < 4.78 is 7.03. The first kappa shape index (κ1) is 26.7. The van der Waals surface area contributed by atoms with E-state index in [-0.39, 0.29) is 12.0 Å². The highest BCUT2D eigenvalue weighted by atomic mass is 35.5. The van der Waals surface area contributed by atoms with E-state index in [4.69, 9.17) is 31.4 Å². The van der Waals surface area contributed by atoms with Crippen LogP contribution in [-0.2, 0) is 4.74 Å². The van der Waals surface area contributed by atoms with Crippen LogP contribution in [0.5, 0.6) is 0 Å². The summed E-state index contributed by atoms with van der Waals surface area (Å²) in [6.45, 7) is 4.12. The van der Waals surface area contributed by atoms with Crippen LogP contribution in [0.2, 0.25) is 5.02 Å². The SMILES string of the molecule is CCOC(=O)c1ccc(NC2=Nc3ccccc3N3C2=Nc2c(c(C)nn2-c2ccccc2)[C@H]3c2ccccc2Cl)cc1. The number of ether oxygens (including phenoxy) is 1. The van der Waals surface area contributed by atoms with Crippen molar-refractivity contribution in [3.8, 4) is 5.69 Å². The van der Waals surface area contributed by atoms with Crippen molar-refractivity contribution in [2.75, 3.05) is 16.8 Å². The number of hydrogen-bond donors (Lipinski definition) is 1. The van der Waals surface area contributed by atoms with E-state index in [1.165, 1.54) is 0 Å². The third-order valence-electron chi connectivity index (χ3n) is 7.50. The molecular formula is C34H27ClN6O2. The Hall–Kier alpha value is -5.21. The van der Waals surface area contributed by atoms with Crippen LogP contribution >= 0.6 is 11.6 Å². The maximum Gasteiger partial charge on any atom is 0.338 e. The van der Waals surface area contributed by atoms with E-state index >= 15 is 0 Å². The second-order valence-corrected chi connectivity index (χ2v) is 10.6. The number of nitrogens with zero attached hydrogens (tertiary/aromatic N) is 5. The fourth-order valence-corrected chi connectivity index (χ4v) is 5.82. The molecule has 9 heteroatoms. The molecule has 0 amide bonds. The van der Waals surface area contributed by atoms with E-state index in [9.17, 15) is 4.79 Å². The van der Waals surface area contributed by atoms with Crippen molar-refractivity contribution in [1.29, 1.82) is 0 Å². The third kappa shape index (κ3) is 4.66. The third-order valence-corrected chi connectivity index (χ3v) is 7.84. The number of carbonyl (C=O) groups is 1. The molecule has 3 heterocycles. The van der Waals surface area contributed by atoms with Gasteiger partial charge in [-0.25, -0.2) is 19.5 Å². The normalized spacial score (nSPS) is 15.0. The number of amidine groups is 2. The minimum absolute atomic E-state index is 0.318. The van der Waals surface area contributed by atoms with Gasteiger partial charge in [-0.3, -0.25) is 0 Å². The standard InChI is InChI=1S/C34H27ClN6O2/c1-3-43-34(42)22-17-19-23(20-18-22)36-31-33-38-32-29(21(2)39-41(32)24-11-5-4-6-12-24)30(25-13-7-8-14-26(25)35)40(33)28-16-10-9-15-27(28)37-31/h4-20,30H,3H2,1-2H3,(H,36,37)/t30-/m1/s1. The Morgan fingerprint density at radius 3 is 2.40 bits per heavy atom. The number of fused-ring (bicyclic) bond motifs is 4. The summed E-state index contributed by atoms with van der Waals surface area (Å²) in [5.41, 5.74) is 6.59. The Balaban J connectivity index is 1.42. The number of benzene rings is 4. The molecule has 0 spiro atoms. The quantitative estimate of drug-likeness (QED) is 0.212. The van der Waals surface area contributed by atoms with Crippen LogP contribution in [0, 0.1) is 6.92 Å². The van der Waals surface area contributed by atoms with Gasteiger partial charge in [0.05, 0.1) is 41.0 Å². The lowest BCUT2D eigenvalue weighted by Gasteiger charge is -2.40. The predicted molar refractivity (Wildman–Crippen MR) is 171 cm³/mol. The summed E-state index contributed by atoms with van der Waals surface area (Å²) in [5.74, 6) is 1.54. The van der Waals surface area contributed by atoms with Gasteiger partial charge >= 0.3 is 5.97 Å². The molecule has 5 aromatic rings. The zero-order valence-corrected chi connectivity index (χ0v) is 24.3. The molecule has 212 valence electrons. The smallest absolute Gasteiger partial charge is 0.338 e. The van der Waals surface area contributed by atoms with Gasteiger partial charge in [-0.05, 0) is 74.0 Å². The number of aliphatic imine (C=N–C) groups is 2. The second kappa shape index (κ2) is 10.9. The van der Waals surface area contributed by atoms with Gasteiger partial charge in [0.15, 0.2) is 17.5 Å². The second-order valence-electron chi connectivity index (χ2n) is 10.2. The molecule has 2 aliphatic rings. The molecule has 0 radical (unpaired) electrons. The zero-order chi connectivity index (χ0) is 29.5. The van der Waals surface area contributed by atoms with Crippen LogP contribution < -0.4 is 10.2 Å². The van der Waals surface area contributed by atoms with Crippen LogP contribution in [0.4, 0.5) is 22.9 Å². The first-order valence-corrected chi connectivity index (χ1v) is 14.4. The highest BCUT2D eigenvalue weighted by Gasteiger charge is 2.42. The Labute approximate surface area is 253 Å². The van der Waals surface area contributed by atoms with Crippen molar-refractivity contribution < 1.29 is 9.53 Å². The first-order valence-electron chi connectivity index (χ1n) is 14.0. The average molecular weight is 587 g/mol. The van der Waals surface area contributed by atoms with Gasteiger partial charge in [0, 0.05) is 16.3 Å². The zero-order valence-electron chi connectivity index (χ0n) is 23.5. The van der Waals surface area contributed by atoms with Gasteiger partial charge in [0.25, 0.3) is 0 Å². The molecule has 1 aromatic heterocycles. The molecule has 8 nitrogen and oxygen atoms in total. The van der Waals surface area contributed by atoms with E-state index in [1.807, 2.05) is 96.5 Å². The first-order chi connectivity index (χ1) is 21.0. The van der Waals surface area contributed by atoms with Gasteiger partial charge in [-0.2, -0.15) is 5.10 Å². The van der Waals surface area contributed by atoms with Gasteiger partial charge < -0.3 is 15.0 Å². The molecule has 43 heavy (non-hydrogen) atoms. The molecule has 4 aromatic carbocycles. The van der Waals surface area contributed by atoms with Crippen LogP contribution in [0.15, 0.2) is 113 Å². The number of anilines is 2. The van der Waals surface area contributed by atoms with Crippen molar-refractivity contribution in [2.45, 2.75) is 19.9 Å². The lowest BCUT2D eigenvalue weighted by atomic mass is 9.93. The minimum atomic E-state index is -0.361. The summed E-state index contributed by atoms with van der Waals surface area (Å²) >= 11 is 6.91. The maximum absolute atomic E-state index is 12.2. The lowest BCUT2D eigenvalue weighted by Crippen LogP contribution is -2.46. The lowest BCUT2D eigenvalue weighted by molar-refractivity contribution is 0.0526. The molecule has 0 bridgehead atoms. The number of aromatic nitrogens is 2. The Kier molecular flexibility index (Phi) is 6.75. The molecule has 0 unspecified atom stereocenters.